The Bertz CT molecular complexity index is 795. The Balaban J connectivity index is 0.00000124. The second-order valence-electron chi connectivity index (χ2n) is 7.97. The number of rotatable bonds is 3. The lowest BCUT2D eigenvalue weighted by atomic mass is 9.85. The highest BCUT2D eigenvalue weighted by molar-refractivity contribution is 6.05. The third-order valence-electron chi connectivity index (χ3n) is 6.34. The van der Waals surface area contributed by atoms with Gasteiger partial charge in [0.1, 0.15) is 0 Å². The Morgan fingerprint density at radius 1 is 0.867 bits per heavy atom. The molecule has 3 amide bonds. The lowest BCUT2D eigenvalue weighted by molar-refractivity contribution is -0.120. The molecule has 0 spiro atoms. The number of imide groups is 1. The maximum Gasteiger partial charge on any atom is 0.328 e. The summed E-state index contributed by atoms with van der Waals surface area (Å²) < 4.78 is 0. The number of piperazine rings is 1. The second kappa shape index (κ2) is 10.2. The molecule has 2 aliphatic heterocycles. The summed E-state index contributed by atoms with van der Waals surface area (Å²) in [5.41, 5.74) is 2.02. The van der Waals surface area contributed by atoms with Gasteiger partial charge >= 0.3 is 6.03 Å². The van der Waals surface area contributed by atoms with Gasteiger partial charge in [-0.25, -0.2) is 4.79 Å². The fraction of sp³-hybridized carbons (Fsp3) is 0.500. The van der Waals surface area contributed by atoms with Crippen molar-refractivity contribution in [2.24, 2.45) is 5.92 Å². The minimum atomic E-state index is -0.336. The Morgan fingerprint density at radius 3 is 2.03 bits per heavy atom. The van der Waals surface area contributed by atoms with Crippen LogP contribution < -0.4 is 15.1 Å². The number of carbonyl (C=O) groups is 2. The number of urea groups is 1. The van der Waals surface area contributed by atoms with Gasteiger partial charge in [-0.05, 0) is 49.9 Å². The number of amides is 3. The van der Waals surface area contributed by atoms with Crippen molar-refractivity contribution < 1.29 is 9.59 Å². The molecule has 6 heteroatoms. The van der Waals surface area contributed by atoms with Gasteiger partial charge < -0.3 is 4.90 Å². The Labute approximate surface area is 179 Å². The number of nitrogens with one attached hydrogen (secondary N) is 1. The van der Waals surface area contributed by atoms with Crippen LogP contribution in [-0.4, -0.2) is 55.6 Å². The molecule has 4 rings (SSSR count). The molecule has 1 saturated carbocycles. The SMILES string of the molecule is C#C.C#CC1CCC(N2CCN(c3ccc(N4CCC(=O)NC4=O)cc3)CC2)CC1. The van der Waals surface area contributed by atoms with E-state index in [4.69, 9.17) is 6.42 Å². The van der Waals surface area contributed by atoms with Crippen molar-refractivity contribution in [2.75, 3.05) is 42.5 Å². The van der Waals surface area contributed by atoms with Gasteiger partial charge in [0.05, 0.1) is 0 Å². The summed E-state index contributed by atoms with van der Waals surface area (Å²) in [6.07, 6.45) is 18.7. The van der Waals surface area contributed by atoms with Crippen LogP contribution in [-0.2, 0) is 4.79 Å². The number of terminal acetylenes is 2. The molecule has 158 valence electrons. The van der Waals surface area contributed by atoms with E-state index >= 15 is 0 Å². The number of nitrogens with zero attached hydrogens (tertiary/aromatic N) is 3. The third-order valence-corrected chi connectivity index (χ3v) is 6.34. The number of anilines is 2. The van der Waals surface area contributed by atoms with E-state index in [0.717, 1.165) is 31.9 Å². The van der Waals surface area contributed by atoms with Crippen molar-refractivity contribution in [3.63, 3.8) is 0 Å². The fourth-order valence-electron chi connectivity index (χ4n) is 4.61. The van der Waals surface area contributed by atoms with E-state index in [1.165, 1.54) is 31.4 Å². The van der Waals surface area contributed by atoms with E-state index in [1.54, 1.807) is 4.90 Å². The molecule has 1 aromatic rings. The molecule has 0 aromatic heterocycles. The average Bonchev–Trinajstić information content (AvgIpc) is 2.81. The van der Waals surface area contributed by atoms with Gasteiger partial charge in [0, 0.05) is 62.5 Å². The summed E-state index contributed by atoms with van der Waals surface area (Å²) in [6.45, 7) is 4.65. The second-order valence-corrected chi connectivity index (χ2v) is 7.97. The largest absolute Gasteiger partial charge is 0.369 e. The van der Waals surface area contributed by atoms with Crippen molar-refractivity contribution >= 4 is 23.3 Å². The fourth-order valence-corrected chi connectivity index (χ4v) is 4.61. The number of benzene rings is 1. The van der Waals surface area contributed by atoms with Crippen LogP contribution in [0.2, 0.25) is 0 Å². The smallest absolute Gasteiger partial charge is 0.328 e. The summed E-state index contributed by atoms with van der Waals surface area (Å²) >= 11 is 0. The van der Waals surface area contributed by atoms with E-state index < -0.39 is 0 Å². The standard InChI is InChI=1S/C22H28N4O2.C2H2/c1-2-17-3-5-18(6-4-17)24-13-15-25(16-14-24)19-7-9-20(10-8-19)26-12-11-21(27)23-22(26)28;1-2/h1,7-10,17-18H,3-6,11-16H2,(H,23,27,28);1-2H. The van der Waals surface area contributed by atoms with Crippen LogP contribution >= 0.6 is 0 Å². The third kappa shape index (κ3) is 4.96. The van der Waals surface area contributed by atoms with Gasteiger partial charge in [-0.3, -0.25) is 19.9 Å². The number of hydrogen-bond acceptors (Lipinski definition) is 4. The van der Waals surface area contributed by atoms with Crippen LogP contribution in [0.25, 0.3) is 0 Å². The maximum atomic E-state index is 12.0. The topological polar surface area (TPSA) is 55.9 Å². The zero-order valence-electron chi connectivity index (χ0n) is 17.4. The molecule has 0 radical (unpaired) electrons. The summed E-state index contributed by atoms with van der Waals surface area (Å²) in [6, 6.07) is 8.45. The quantitative estimate of drug-likeness (QED) is 0.785. The van der Waals surface area contributed by atoms with Crippen LogP contribution in [0.1, 0.15) is 32.1 Å². The number of carbonyl (C=O) groups excluding carboxylic acids is 2. The molecule has 30 heavy (non-hydrogen) atoms. The lowest BCUT2D eigenvalue weighted by Gasteiger charge is -2.42. The molecule has 1 aromatic carbocycles. The molecular formula is C24H30N4O2. The lowest BCUT2D eigenvalue weighted by Crippen LogP contribution is -2.51. The summed E-state index contributed by atoms with van der Waals surface area (Å²) in [5, 5.41) is 2.37. The predicted octanol–water partition coefficient (Wildman–Crippen LogP) is 2.70. The highest BCUT2D eigenvalue weighted by atomic mass is 16.2. The van der Waals surface area contributed by atoms with Crippen LogP contribution in [0, 0.1) is 31.1 Å². The molecule has 2 saturated heterocycles. The minimum Gasteiger partial charge on any atom is -0.369 e. The Hall–Kier alpha value is -2.96. The van der Waals surface area contributed by atoms with E-state index in [9.17, 15) is 9.59 Å². The first-order valence-corrected chi connectivity index (χ1v) is 10.6. The first-order chi connectivity index (χ1) is 14.6. The molecule has 1 N–H and O–H groups in total. The summed E-state index contributed by atoms with van der Waals surface area (Å²) in [7, 11) is 0. The highest BCUT2D eigenvalue weighted by Crippen LogP contribution is 2.29. The summed E-state index contributed by atoms with van der Waals surface area (Å²) in [5.74, 6) is 3.19. The zero-order chi connectivity index (χ0) is 21.5. The van der Waals surface area contributed by atoms with Crippen molar-refractivity contribution in [1.82, 2.24) is 10.2 Å². The van der Waals surface area contributed by atoms with Gasteiger partial charge in [-0.2, -0.15) is 0 Å². The molecule has 0 atom stereocenters. The van der Waals surface area contributed by atoms with E-state index in [0.29, 0.717) is 24.9 Å². The van der Waals surface area contributed by atoms with Crippen LogP contribution in [0.3, 0.4) is 0 Å². The van der Waals surface area contributed by atoms with Gasteiger partial charge in [-0.1, -0.05) is 0 Å². The number of hydrogen-bond donors (Lipinski definition) is 1. The minimum absolute atomic E-state index is 0.205. The van der Waals surface area contributed by atoms with Gasteiger partial charge in [0.2, 0.25) is 5.91 Å². The Morgan fingerprint density at radius 2 is 1.47 bits per heavy atom. The van der Waals surface area contributed by atoms with Crippen molar-refractivity contribution in [1.29, 1.82) is 0 Å². The van der Waals surface area contributed by atoms with Gasteiger partial charge in [-0.15, -0.1) is 25.2 Å². The zero-order valence-corrected chi connectivity index (χ0v) is 17.4. The average molecular weight is 407 g/mol. The molecule has 1 aliphatic carbocycles. The Kier molecular flexibility index (Phi) is 7.38. The molecule has 3 fully saturated rings. The van der Waals surface area contributed by atoms with Crippen molar-refractivity contribution in [2.45, 2.75) is 38.1 Å². The molecule has 3 aliphatic rings. The predicted molar refractivity (Wildman–Crippen MR) is 120 cm³/mol. The molecule has 6 nitrogen and oxygen atoms in total. The van der Waals surface area contributed by atoms with Crippen LogP contribution in [0.5, 0.6) is 0 Å². The van der Waals surface area contributed by atoms with Gasteiger partial charge in [0.15, 0.2) is 0 Å². The van der Waals surface area contributed by atoms with Crippen LogP contribution in [0.15, 0.2) is 24.3 Å². The molecule has 0 unspecified atom stereocenters. The first kappa shape index (κ1) is 21.7. The first-order valence-electron chi connectivity index (χ1n) is 10.6. The van der Waals surface area contributed by atoms with Crippen molar-refractivity contribution in [3.05, 3.63) is 24.3 Å². The molecular weight excluding hydrogens is 376 g/mol. The monoisotopic (exact) mass is 406 g/mol. The normalized spacial score (nSPS) is 25.0. The molecule has 2 heterocycles. The van der Waals surface area contributed by atoms with E-state index in [-0.39, 0.29) is 11.9 Å². The molecule has 0 bridgehead atoms. The summed E-state index contributed by atoms with van der Waals surface area (Å²) in [4.78, 5) is 30.0. The van der Waals surface area contributed by atoms with E-state index in [2.05, 4.69) is 46.0 Å². The maximum absolute atomic E-state index is 12.0. The van der Waals surface area contributed by atoms with Gasteiger partial charge in [0.25, 0.3) is 0 Å². The van der Waals surface area contributed by atoms with Crippen molar-refractivity contribution in [3.8, 4) is 25.2 Å². The van der Waals surface area contributed by atoms with Crippen LogP contribution in [0.4, 0.5) is 16.2 Å². The van der Waals surface area contributed by atoms with E-state index in [1.807, 2.05) is 12.1 Å². The highest BCUT2D eigenvalue weighted by Gasteiger charge is 2.28.